The van der Waals surface area contributed by atoms with Crippen LogP contribution in [-0.4, -0.2) is 39.8 Å². The summed E-state index contributed by atoms with van der Waals surface area (Å²) < 4.78 is 0. The van der Waals surface area contributed by atoms with Gasteiger partial charge in [0, 0.05) is 26.2 Å². The second-order valence-corrected chi connectivity index (χ2v) is 5.85. The number of carbonyl (C=O) groups is 2. The normalized spacial score (nSPS) is 6.97. The number of para-hydroxylation sites is 1. The third kappa shape index (κ3) is 72.8. The van der Waals surface area contributed by atoms with E-state index in [1.54, 1.807) is 6.92 Å². The van der Waals surface area contributed by atoms with Gasteiger partial charge in [-0.2, -0.15) is 0 Å². The van der Waals surface area contributed by atoms with E-state index in [0.717, 1.165) is 0 Å². The van der Waals surface area contributed by atoms with Gasteiger partial charge >= 0.3 is 0 Å². The molecule has 0 aliphatic heterocycles. The van der Waals surface area contributed by atoms with Crippen LogP contribution >= 0.6 is 0 Å². The number of Topliss-reactive ketones (excluding diaryl/α,β-unsaturated/α-hetero) is 2. The number of rotatable bonds is 2. The van der Waals surface area contributed by atoms with Gasteiger partial charge in [0.2, 0.25) is 0 Å². The zero-order chi connectivity index (χ0) is 27.5. The van der Waals surface area contributed by atoms with Gasteiger partial charge in [-0.1, -0.05) is 103 Å². The molecule has 0 heterocycles. The van der Waals surface area contributed by atoms with Crippen molar-refractivity contribution in [2.75, 3.05) is 33.1 Å². The van der Waals surface area contributed by atoms with E-state index in [4.69, 9.17) is 0 Å². The van der Waals surface area contributed by atoms with Gasteiger partial charge in [-0.15, -0.1) is 0 Å². The minimum Gasteiger partial charge on any atom is -0.378 e. The first kappa shape index (κ1) is 44.3. The van der Waals surface area contributed by atoms with Gasteiger partial charge in [0.1, 0.15) is 11.6 Å². The zero-order valence-corrected chi connectivity index (χ0v) is 24.3. The molecule has 194 valence electrons. The monoisotopic (exact) mass is 464 g/mol. The highest BCUT2D eigenvalue weighted by Crippen LogP contribution is 2.07. The van der Waals surface area contributed by atoms with Crippen molar-refractivity contribution in [3.05, 3.63) is 66.7 Å². The van der Waals surface area contributed by atoms with E-state index in [1.165, 1.54) is 19.5 Å². The van der Waals surface area contributed by atoms with Crippen LogP contribution in [0.5, 0.6) is 0 Å². The number of hydrogen-bond acceptors (Lipinski definition) is 4. The smallest absolute Gasteiger partial charge is 0.129 e. The van der Waals surface area contributed by atoms with Crippen molar-refractivity contribution < 1.29 is 9.59 Å². The highest BCUT2D eigenvalue weighted by Gasteiger charge is 1.87. The topological polar surface area (TPSA) is 49.4 Å². The van der Waals surface area contributed by atoms with Crippen molar-refractivity contribution in [3.63, 3.8) is 0 Å². The molecule has 0 radical (unpaired) electrons. The Hall–Kier alpha value is -2.46. The van der Waals surface area contributed by atoms with Crippen molar-refractivity contribution in [2.24, 2.45) is 0 Å². The summed E-state index contributed by atoms with van der Waals surface area (Å²) >= 11 is 0. The van der Waals surface area contributed by atoms with E-state index in [2.05, 4.69) is 22.3 Å². The van der Waals surface area contributed by atoms with Gasteiger partial charge in [-0.05, 0) is 47.0 Å². The average molecular weight is 465 g/mol. The van der Waals surface area contributed by atoms with E-state index in [9.17, 15) is 9.59 Å². The van der Waals surface area contributed by atoms with Crippen LogP contribution in [0.2, 0.25) is 0 Å². The molecule has 4 heteroatoms. The number of nitrogens with zero attached hydrogens (tertiary/aromatic N) is 1. The molecule has 0 aromatic heterocycles. The van der Waals surface area contributed by atoms with Crippen LogP contribution in [0.25, 0.3) is 0 Å². The van der Waals surface area contributed by atoms with Gasteiger partial charge in [0.05, 0.1) is 0 Å². The molecule has 0 fully saturated rings. The van der Waals surface area contributed by atoms with Gasteiger partial charge in [-0.25, -0.2) is 0 Å². The van der Waals surface area contributed by atoms with Gasteiger partial charge in [-0.3, -0.25) is 0 Å². The Labute approximate surface area is 207 Å². The van der Waals surface area contributed by atoms with Crippen LogP contribution < -0.4 is 10.2 Å². The summed E-state index contributed by atoms with van der Waals surface area (Å²) in [4.78, 5) is 21.3. The van der Waals surface area contributed by atoms with Gasteiger partial charge in [0.15, 0.2) is 0 Å². The molecule has 0 saturated carbocycles. The lowest BCUT2D eigenvalue weighted by atomic mass is 10.3. The molecule has 2 aromatic carbocycles. The quantitative estimate of drug-likeness (QED) is 0.490. The number of hydrogen-bond donors (Lipinski definition) is 1. The Balaban J connectivity index is -0.0000000680. The molecule has 33 heavy (non-hydrogen) atoms. The highest BCUT2D eigenvalue weighted by atomic mass is 16.1. The molecule has 0 saturated heterocycles. The largest absolute Gasteiger partial charge is 0.378 e. The van der Waals surface area contributed by atoms with Crippen LogP contribution in [0, 0.1) is 0 Å². The maximum atomic E-state index is 9.81. The zero-order valence-electron chi connectivity index (χ0n) is 24.3. The molecule has 1 N–H and O–H groups in total. The Kier molecular flexibility index (Phi) is 63.5. The number of carbonyl (C=O) groups excluding carboxylic acids is 2. The molecule has 0 bridgehead atoms. The van der Waals surface area contributed by atoms with Crippen molar-refractivity contribution in [1.82, 2.24) is 5.32 Å². The molecule has 0 aliphatic carbocycles. The number of ketones is 2. The van der Waals surface area contributed by atoms with Crippen molar-refractivity contribution in [2.45, 2.75) is 75.7 Å². The summed E-state index contributed by atoms with van der Waals surface area (Å²) in [5.41, 5.74) is 1.25. The second-order valence-electron chi connectivity index (χ2n) is 5.85. The fraction of sp³-hybridized carbons (Fsp3) is 0.517. The molecule has 0 amide bonds. The van der Waals surface area contributed by atoms with Gasteiger partial charge in [0.25, 0.3) is 0 Å². The number of anilines is 1. The molecule has 2 rings (SSSR count). The van der Waals surface area contributed by atoms with E-state index in [0.29, 0.717) is 6.42 Å². The summed E-state index contributed by atoms with van der Waals surface area (Å²) in [6.07, 6.45) is 0.667. The fourth-order valence-corrected chi connectivity index (χ4v) is 1.11. The predicted octanol–water partition coefficient (Wildman–Crippen LogP) is 7.93. The lowest BCUT2D eigenvalue weighted by Crippen LogP contribution is -2.07. The van der Waals surface area contributed by atoms with Crippen molar-refractivity contribution in [1.29, 1.82) is 0 Å². The Morgan fingerprint density at radius 1 is 0.667 bits per heavy atom. The van der Waals surface area contributed by atoms with Crippen molar-refractivity contribution >= 4 is 17.3 Å². The van der Waals surface area contributed by atoms with Crippen molar-refractivity contribution in [3.8, 4) is 0 Å². The highest BCUT2D eigenvalue weighted by molar-refractivity contribution is 5.74. The summed E-state index contributed by atoms with van der Waals surface area (Å²) in [5, 5.41) is 2.75. The molecule has 0 unspecified atom stereocenters. The molecular weight excluding hydrogens is 408 g/mol. The minimum atomic E-state index is 0.167. The Bertz CT molecular complexity index is 511. The predicted molar refractivity (Wildman–Crippen MR) is 154 cm³/mol. The van der Waals surface area contributed by atoms with E-state index in [1.807, 2.05) is 131 Å². The summed E-state index contributed by atoms with van der Waals surface area (Å²) in [6, 6.07) is 22.3. The van der Waals surface area contributed by atoms with E-state index >= 15 is 0 Å². The summed E-state index contributed by atoms with van der Waals surface area (Å²) in [5.74, 6) is 0.421. The maximum Gasteiger partial charge on any atom is 0.129 e. The maximum absolute atomic E-state index is 9.81. The fourth-order valence-electron chi connectivity index (χ4n) is 1.11. The molecule has 4 nitrogen and oxygen atoms in total. The molecule has 0 aliphatic rings. The van der Waals surface area contributed by atoms with Crippen LogP contribution in [-0.2, 0) is 9.59 Å². The molecule has 2 aromatic rings. The number of nitrogens with one attached hydrogen (secondary N) is 1. The standard InChI is InChI=1S/C8H11N.C6H6.C4H8O.C3H6O.C2H7N.3C2H6/c1-9(2)8-6-4-3-5-7-8;1-2-4-6-5-3-1;1-3-4(2)5;1-3(2)4;1-3-2;3*1-2/h3-7H,1-2H3;1-6H;3H2,1-2H3;1-2H3;3H,1-2H3;3*1-2H3. The first-order valence-electron chi connectivity index (χ1n) is 12.0. The van der Waals surface area contributed by atoms with Crippen LogP contribution in [0.15, 0.2) is 66.7 Å². The van der Waals surface area contributed by atoms with Crippen LogP contribution in [0.3, 0.4) is 0 Å². The first-order chi connectivity index (χ1) is 15.7. The SMILES string of the molecule is CC.CC.CC.CC(C)=O.CCC(C)=O.CN(C)c1ccccc1.CNC.c1ccccc1. The van der Waals surface area contributed by atoms with E-state index < -0.39 is 0 Å². The van der Waals surface area contributed by atoms with Crippen LogP contribution in [0.4, 0.5) is 5.69 Å². The Morgan fingerprint density at radius 2 is 0.848 bits per heavy atom. The minimum absolute atomic E-state index is 0.167. The second kappa shape index (κ2) is 47.4. The summed E-state index contributed by atoms with van der Waals surface area (Å²) in [6.45, 7) is 18.5. The first-order valence-corrected chi connectivity index (χ1v) is 12.0. The Morgan fingerprint density at radius 3 is 0.970 bits per heavy atom. The lowest BCUT2D eigenvalue weighted by Gasteiger charge is -2.10. The molecular formula is C29H56N2O2. The molecule has 0 atom stereocenters. The average Bonchev–Trinajstić information content (AvgIpc) is 2.85. The lowest BCUT2D eigenvalue weighted by molar-refractivity contribution is -0.117. The summed E-state index contributed by atoms with van der Waals surface area (Å²) in [7, 11) is 7.82. The molecule has 0 spiro atoms. The van der Waals surface area contributed by atoms with Gasteiger partial charge < -0.3 is 19.8 Å². The number of benzene rings is 2. The third-order valence-electron chi connectivity index (χ3n) is 2.44. The van der Waals surface area contributed by atoms with E-state index in [-0.39, 0.29) is 11.6 Å². The third-order valence-corrected chi connectivity index (χ3v) is 2.44. The van der Waals surface area contributed by atoms with Crippen LogP contribution in [0.1, 0.15) is 75.7 Å².